The Balaban J connectivity index is 2.78. The molecule has 0 aliphatic carbocycles. The van der Waals surface area contributed by atoms with Crippen molar-refractivity contribution in [2.75, 3.05) is 0 Å². The van der Waals surface area contributed by atoms with Gasteiger partial charge in [0.25, 0.3) is 0 Å². The van der Waals surface area contributed by atoms with Crippen molar-refractivity contribution in [1.82, 2.24) is 4.98 Å². The van der Waals surface area contributed by atoms with Gasteiger partial charge in [0, 0.05) is 17.6 Å². The number of aromatic nitrogens is 1. The second-order valence-corrected chi connectivity index (χ2v) is 2.73. The molecule has 0 aliphatic rings. The summed E-state index contributed by atoms with van der Waals surface area (Å²) < 4.78 is 38.9. The molecule has 0 radical (unpaired) electrons. The fourth-order valence-electron chi connectivity index (χ4n) is 0.726. The van der Waals surface area contributed by atoms with E-state index in [4.69, 9.17) is 0 Å². The van der Waals surface area contributed by atoms with E-state index in [1.54, 1.807) is 0 Å². The average molecular weight is 256 g/mol. The Bertz CT molecular complexity index is 289. The fraction of sp³-hybridized carbons (Fsp3) is 0.286. The molecule has 0 fully saturated rings. The van der Waals surface area contributed by atoms with E-state index in [2.05, 4.69) is 25.7 Å². The maximum Gasteiger partial charge on any atom is 0.573 e. The first-order chi connectivity index (χ1) is 6.01. The SMILES string of the molecule is FC(F)(F)Oc1ccnc(CBr)c1. The number of alkyl halides is 4. The molecular weight excluding hydrogens is 251 g/mol. The minimum absolute atomic E-state index is 0.253. The van der Waals surface area contributed by atoms with Crippen molar-refractivity contribution in [3.05, 3.63) is 24.0 Å². The average Bonchev–Trinajstić information content (AvgIpc) is 2.01. The molecular formula is C7H5BrF3NO. The zero-order valence-corrected chi connectivity index (χ0v) is 7.89. The minimum atomic E-state index is -4.65. The Labute approximate surface area is 80.9 Å². The monoisotopic (exact) mass is 255 g/mol. The number of nitrogens with zero attached hydrogens (tertiary/aromatic N) is 1. The van der Waals surface area contributed by atoms with Gasteiger partial charge in [0.05, 0.1) is 5.69 Å². The zero-order chi connectivity index (χ0) is 9.90. The summed E-state index contributed by atoms with van der Waals surface area (Å²) in [6, 6.07) is 2.38. The summed E-state index contributed by atoms with van der Waals surface area (Å²) in [5, 5.41) is 0.391. The van der Waals surface area contributed by atoms with Crippen molar-refractivity contribution in [3.63, 3.8) is 0 Å². The third-order valence-corrected chi connectivity index (χ3v) is 1.73. The summed E-state index contributed by atoms with van der Waals surface area (Å²) in [4.78, 5) is 3.79. The molecule has 0 N–H and O–H groups in total. The highest BCUT2D eigenvalue weighted by molar-refractivity contribution is 9.08. The molecule has 1 aromatic rings. The van der Waals surface area contributed by atoms with Crippen LogP contribution in [-0.2, 0) is 5.33 Å². The number of hydrogen-bond donors (Lipinski definition) is 0. The molecule has 1 heterocycles. The molecule has 0 spiro atoms. The predicted octanol–water partition coefficient (Wildman–Crippen LogP) is 2.88. The van der Waals surface area contributed by atoms with Crippen molar-refractivity contribution in [2.45, 2.75) is 11.7 Å². The van der Waals surface area contributed by atoms with Crippen LogP contribution >= 0.6 is 15.9 Å². The van der Waals surface area contributed by atoms with Gasteiger partial charge < -0.3 is 4.74 Å². The van der Waals surface area contributed by atoms with Crippen LogP contribution in [0.15, 0.2) is 18.3 Å². The van der Waals surface area contributed by atoms with E-state index in [1.807, 2.05) is 0 Å². The van der Waals surface area contributed by atoms with Gasteiger partial charge in [-0.2, -0.15) is 0 Å². The topological polar surface area (TPSA) is 22.1 Å². The van der Waals surface area contributed by atoms with E-state index in [0.717, 1.165) is 6.07 Å². The normalized spacial score (nSPS) is 11.4. The second kappa shape index (κ2) is 3.95. The van der Waals surface area contributed by atoms with Gasteiger partial charge in [0.2, 0.25) is 0 Å². The lowest BCUT2D eigenvalue weighted by Crippen LogP contribution is -2.17. The summed E-state index contributed by atoms with van der Waals surface area (Å²) in [5.74, 6) is -0.253. The summed E-state index contributed by atoms with van der Waals surface area (Å²) in [5.41, 5.74) is 0.488. The molecule has 2 nitrogen and oxygen atoms in total. The number of halogens is 4. The number of ether oxygens (including phenoxy) is 1. The molecule has 0 aromatic carbocycles. The first-order valence-corrected chi connectivity index (χ1v) is 4.40. The van der Waals surface area contributed by atoms with Crippen LogP contribution in [-0.4, -0.2) is 11.3 Å². The Morgan fingerprint density at radius 3 is 2.69 bits per heavy atom. The van der Waals surface area contributed by atoms with Gasteiger partial charge in [-0.05, 0) is 6.07 Å². The van der Waals surface area contributed by atoms with Crippen LogP contribution in [0, 0.1) is 0 Å². The van der Waals surface area contributed by atoms with Gasteiger partial charge in [-0.3, -0.25) is 4.98 Å². The minimum Gasteiger partial charge on any atom is -0.406 e. The Morgan fingerprint density at radius 1 is 1.46 bits per heavy atom. The summed E-state index contributed by atoms with van der Waals surface area (Å²) in [6.45, 7) is 0. The maximum atomic E-state index is 11.7. The van der Waals surface area contributed by atoms with E-state index in [1.165, 1.54) is 12.3 Å². The summed E-state index contributed by atoms with van der Waals surface area (Å²) in [6.07, 6.45) is -3.39. The molecule has 1 aromatic heterocycles. The van der Waals surface area contributed by atoms with Crippen molar-refractivity contribution in [1.29, 1.82) is 0 Å². The fourth-order valence-corrected chi connectivity index (χ4v) is 1.03. The van der Waals surface area contributed by atoms with E-state index in [0.29, 0.717) is 11.0 Å². The maximum absolute atomic E-state index is 11.7. The smallest absolute Gasteiger partial charge is 0.406 e. The Kier molecular flexibility index (Phi) is 3.13. The van der Waals surface area contributed by atoms with Crippen LogP contribution < -0.4 is 4.74 Å². The molecule has 0 saturated carbocycles. The van der Waals surface area contributed by atoms with Crippen molar-refractivity contribution in [3.8, 4) is 5.75 Å². The van der Waals surface area contributed by atoms with Gasteiger partial charge in [0.15, 0.2) is 0 Å². The van der Waals surface area contributed by atoms with Crippen LogP contribution in [0.4, 0.5) is 13.2 Å². The molecule has 72 valence electrons. The third kappa shape index (κ3) is 3.63. The summed E-state index contributed by atoms with van der Waals surface area (Å²) >= 11 is 3.07. The standard InChI is InChI=1S/C7H5BrF3NO/c8-4-5-3-6(1-2-12-5)13-7(9,10)11/h1-3H,4H2. The molecule has 1 rings (SSSR count). The quantitative estimate of drug-likeness (QED) is 0.759. The lowest BCUT2D eigenvalue weighted by molar-refractivity contribution is -0.274. The van der Waals surface area contributed by atoms with Gasteiger partial charge in [-0.1, -0.05) is 15.9 Å². The molecule has 13 heavy (non-hydrogen) atoms. The third-order valence-electron chi connectivity index (χ3n) is 1.16. The van der Waals surface area contributed by atoms with Crippen molar-refractivity contribution < 1.29 is 17.9 Å². The van der Waals surface area contributed by atoms with E-state index in [9.17, 15) is 13.2 Å². The lowest BCUT2D eigenvalue weighted by Gasteiger charge is -2.08. The van der Waals surface area contributed by atoms with E-state index in [-0.39, 0.29) is 5.75 Å². The molecule has 6 heteroatoms. The van der Waals surface area contributed by atoms with Crippen molar-refractivity contribution in [2.24, 2.45) is 0 Å². The molecule has 0 atom stereocenters. The molecule has 0 amide bonds. The van der Waals surface area contributed by atoms with Gasteiger partial charge in [0.1, 0.15) is 5.75 Å². The van der Waals surface area contributed by atoms with Gasteiger partial charge in [-0.15, -0.1) is 13.2 Å². The highest BCUT2D eigenvalue weighted by atomic mass is 79.9. The first kappa shape index (κ1) is 10.3. The van der Waals surface area contributed by atoms with Crippen LogP contribution in [0.5, 0.6) is 5.75 Å². The lowest BCUT2D eigenvalue weighted by atomic mass is 10.4. The molecule has 0 unspecified atom stereocenters. The van der Waals surface area contributed by atoms with Gasteiger partial charge in [-0.25, -0.2) is 0 Å². The van der Waals surface area contributed by atoms with Crippen LogP contribution in [0.25, 0.3) is 0 Å². The summed E-state index contributed by atoms with van der Waals surface area (Å²) in [7, 11) is 0. The number of rotatable bonds is 2. The van der Waals surface area contributed by atoms with Gasteiger partial charge >= 0.3 is 6.36 Å². The van der Waals surface area contributed by atoms with E-state index >= 15 is 0 Å². The zero-order valence-electron chi connectivity index (χ0n) is 6.31. The van der Waals surface area contributed by atoms with Crippen LogP contribution in [0.2, 0.25) is 0 Å². The highest BCUT2D eigenvalue weighted by Crippen LogP contribution is 2.22. The Hall–Kier alpha value is -0.780. The van der Waals surface area contributed by atoms with Crippen molar-refractivity contribution >= 4 is 15.9 Å². The molecule has 0 saturated heterocycles. The van der Waals surface area contributed by atoms with Crippen LogP contribution in [0.3, 0.4) is 0 Å². The number of hydrogen-bond acceptors (Lipinski definition) is 2. The largest absolute Gasteiger partial charge is 0.573 e. The second-order valence-electron chi connectivity index (χ2n) is 2.16. The molecule has 0 aliphatic heterocycles. The van der Waals surface area contributed by atoms with E-state index < -0.39 is 6.36 Å². The Morgan fingerprint density at radius 2 is 2.15 bits per heavy atom. The molecule has 0 bridgehead atoms. The first-order valence-electron chi connectivity index (χ1n) is 3.28. The van der Waals surface area contributed by atoms with Crippen LogP contribution in [0.1, 0.15) is 5.69 Å². The predicted molar refractivity (Wildman–Crippen MR) is 43.6 cm³/mol. The highest BCUT2D eigenvalue weighted by Gasteiger charge is 2.31. The number of pyridine rings is 1.